The minimum atomic E-state index is -0.402. The van der Waals surface area contributed by atoms with Crippen LogP contribution in [-0.4, -0.2) is 22.2 Å². The zero-order chi connectivity index (χ0) is 13.9. The van der Waals surface area contributed by atoms with Gasteiger partial charge in [-0.15, -0.1) is 0 Å². The number of nitro benzene ring substituents is 1. The summed E-state index contributed by atoms with van der Waals surface area (Å²) in [7, 11) is 0. The maximum atomic E-state index is 10.8. The van der Waals surface area contributed by atoms with Crippen LogP contribution in [0, 0.1) is 16.0 Å². The summed E-state index contributed by atoms with van der Waals surface area (Å²) in [6.07, 6.45) is 4.05. The number of nitrogens with one attached hydrogen (secondary N) is 1. The molecular formula is C14H20N2O3. The van der Waals surface area contributed by atoms with Crippen molar-refractivity contribution < 1.29 is 10.0 Å². The number of hydrogen-bond acceptors (Lipinski definition) is 4. The van der Waals surface area contributed by atoms with Gasteiger partial charge in [-0.05, 0) is 24.8 Å². The van der Waals surface area contributed by atoms with Crippen LogP contribution in [-0.2, 0) is 0 Å². The lowest BCUT2D eigenvalue weighted by Crippen LogP contribution is -2.45. The summed E-state index contributed by atoms with van der Waals surface area (Å²) in [5.74, 6) is 0.562. The van der Waals surface area contributed by atoms with Crippen molar-refractivity contribution in [1.29, 1.82) is 0 Å². The number of aliphatic hydroxyl groups excluding tert-OH is 1. The van der Waals surface area contributed by atoms with Gasteiger partial charge >= 0.3 is 0 Å². The molecule has 1 aliphatic carbocycles. The second kappa shape index (κ2) is 5.57. The number of hydrogen-bond donors (Lipinski definition) is 2. The summed E-state index contributed by atoms with van der Waals surface area (Å²) in [5, 5.41) is 23.8. The van der Waals surface area contributed by atoms with Gasteiger partial charge in [0.1, 0.15) is 0 Å². The van der Waals surface area contributed by atoms with E-state index in [9.17, 15) is 15.2 Å². The first kappa shape index (κ1) is 13.8. The maximum Gasteiger partial charge on any atom is 0.271 e. The van der Waals surface area contributed by atoms with Gasteiger partial charge in [-0.3, -0.25) is 10.1 Å². The van der Waals surface area contributed by atoms with Gasteiger partial charge in [0.2, 0.25) is 0 Å². The fourth-order valence-electron chi connectivity index (χ4n) is 2.96. The SMILES string of the molecule is CC1CCCC(CO)(Nc2cccc([N+](=O)[O-])c2)C1. The Labute approximate surface area is 112 Å². The van der Waals surface area contributed by atoms with E-state index in [4.69, 9.17) is 0 Å². The Morgan fingerprint density at radius 1 is 1.58 bits per heavy atom. The van der Waals surface area contributed by atoms with Crippen LogP contribution in [0.25, 0.3) is 0 Å². The smallest absolute Gasteiger partial charge is 0.271 e. The molecule has 1 aromatic rings. The molecular weight excluding hydrogens is 244 g/mol. The third kappa shape index (κ3) is 3.23. The summed E-state index contributed by atoms with van der Waals surface area (Å²) < 4.78 is 0. The first-order valence-electron chi connectivity index (χ1n) is 6.68. The molecule has 1 fully saturated rings. The lowest BCUT2D eigenvalue weighted by Gasteiger charge is -2.40. The lowest BCUT2D eigenvalue weighted by molar-refractivity contribution is -0.384. The van der Waals surface area contributed by atoms with E-state index in [1.807, 2.05) is 6.07 Å². The van der Waals surface area contributed by atoms with E-state index >= 15 is 0 Å². The van der Waals surface area contributed by atoms with Gasteiger partial charge < -0.3 is 10.4 Å². The number of benzene rings is 1. The first-order valence-corrected chi connectivity index (χ1v) is 6.68. The Kier molecular flexibility index (Phi) is 4.04. The van der Waals surface area contributed by atoms with Crippen molar-refractivity contribution in [1.82, 2.24) is 0 Å². The molecule has 0 radical (unpaired) electrons. The average Bonchev–Trinajstić information content (AvgIpc) is 2.39. The Bertz CT molecular complexity index is 464. The molecule has 1 aromatic carbocycles. The number of anilines is 1. The Hall–Kier alpha value is -1.62. The molecule has 0 bridgehead atoms. The normalized spacial score (nSPS) is 26.9. The van der Waals surface area contributed by atoms with Crippen molar-refractivity contribution in [3.63, 3.8) is 0 Å². The highest BCUT2D eigenvalue weighted by Crippen LogP contribution is 2.35. The van der Waals surface area contributed by atoms with Crippen LogP contribution in [0.1, 0.15) is 32.6 Å². The van der Waals surface area contributed by atoms with E-state index in [1.165, 1.54) is 18.6 Å². The number of rotatable bonds is 4. The van der Waals surface area contributed by atoms with E-state index < -0.39 is 4.92 Å². The minimum Gasteiger partial charge on any atom is -0.394 e. The summed E-state index contributed by atoms with van der Waals surface area (Å²) in [6.45, 7) is 2.23. The molecule has 1 aliphatic rings. The highest BCUT2D eigenvalue weighted by Gasteiger charge is 2.34. The van der Waals surface area contributed by atoms with Gasteiger partial charge in [0.25, 0.3) is 5.69 Å². The van der Waals surface area contributed by atoms with Crippen molar-refractivity contribution in [2.24, 2.45) is 5.92 Å². The summed E-state index contributed by atoms with van der Waals surface area (Å²) >= 11 is 0. The molecule has 104 valence electrons. The zero-order valence-electron chi connectivity index (χ0n) is 11.1. The molecule has 5 heteroatoms. The molecule has 2 unspecified atom stereocenters. The van der Waals surface area contributed by atoms with E-state index in [0.29, 0.717) is 11.6 Å². The second-order valence-corrected chi connectivity index (χ2v) is 5.57. The number of nitrogens with zero attached hydrogens (tertiary/aromatic N) is 1. The van der Waals surface area contributed by atoms with E-state index in [2.05, 4.69) is 12.2 Å². The number of nitro groups is 1. The van der Waals surface area contributed by atoms with E-state index in [0.717, 1.165) is 19.3 Å². The molecule has 0 saturated heterocycles. The molecule has 2 N–H and O–H groups in total. The van der Waals surface area contributed by atoms with Crippen LogP contribution >= 0.6 is 0 Å². The first-order chi connectivity index (χ1) is 9.04. The second-order valence-electron chi connectivity index (χ2n) is 5.57. The van der Waals surface area contributed by atoms with Crippen LogP contribution < -0.4 is 5.32 Å². The Morgan fingerprint density at radius 3 is 3.00 bits per heavy atom. The largest absolute Gasteiger partial charge is 0.394 e. The fraction of sp³-hybridized carbons (Fsp3) is 0.571. The molecule has 0 aromatic heterocycles. The molecule has 0 heterocycles. The predicted molar refractivity (Wildman–Crippen MR) is 74.2 cm³/mol. The van der Waals surface area contributed by atoms with Gasteiger partial charge in [-0.25, -0.2) is 0 Å². The van der Waals surface area contributed by atoms with Gasteiger partial charge in [0.05, 0.1) is 17.1 Å². The molecule has 2 rings (SSSR count). The monoisotopic (exact) mass is 264 g/mol. The predicted octanol–water partition coefficient (Wildman–Crippen LogP) is 2.95. The highest BCUT2D eigenvalue weighted by atomic mass is 16.6. The van der Waals surface area contributed by atoms with Crippen LogP contribution in [0.2, 0.25) is 0 Å². The third-order valence-corrected chi connectivity index (χ3v) is 3.86. The van der Waals surface area contributed by atoms with Gasteiger partial charge in [0, 0.05) is 17.8 Å². The minimum absolute atomic E-state index is 0.0556. The van der Waals surface area contributed by atoms with Crippen molar-refractivity contribution >= 4 is 11.4 Å². The maximum absolute atomic E-state index is 10.8. The molecule has 0 amide bonds. The van der Waals surface area contributed by atoms with Crippen LogP contribution in [0.5, 0.6) is 0 Å². The summed E-state index contributed by atoms with van der Waals surface area (Å²) in [4.78, 5) is 10.4. The molecule has 5 nitrogen and oxygen atoms in total. The average molecular weight is 264 g/mol. The summed E-state index contributed by atoms with van der Waals surface area (Å²) in [6, 6.07) is 6.47. The molecule has 0 spiro atoms. The molecule has 0 aliphatic heterocycles. The summed E-state index contributed by atoms with van der Waals surface area (Å²) in [5.41, 5.74) is 0.437. The van der Waals surface area contributed by atoms with E-state index in [-0.39, 0.29) is 17.8 Å². The van der Waals surface area contributed by atoms with Crippen molar-refractivity contribution in [2.75, 3.05) is 11.9 Å². The molecule has 1 saturated carbocycles. The zero-order valence-corrected chi connectivity index (χ0v) is 11.1. The third-order valence-electron chi connectivity index (χ3n) is 3.86. The van der Waals surface area contributed by atoms with Crippen LogP contribution in [0.4, 0.5) is 11.4 Å². The van der Waals surface area contributed by atoms with Gasteiger partial charge in [0.15, 0.2) is 0 Å². The van der Waals surface area contributed by atoms with Crippen LogP contribution in [0.15, 0.2) is 24.3 Å². The van der Waals surface area contributed by atoms with Gasteiger partial charge in [-0.2, -0.15) is 0 Å². The lowest BCUT2D eigenvalue weighted by atomic mass is 9.76. The van der Waals surface area contributed by atoms with Crippen molar-refractivity contribution in [2.45, 2.75) is 38.1 Å². The standard InChI is InChI=1S/C14H20N2O3/c1-11-4-3-7-14(9-11,10-17)15-12-5-2-6-13(8-12)16(18)19/h2,5-6,8,11,15,17H,3-4,7,9-10H2,1H3. The number of aliphatic hydroxyl groups is 1. The van der Waals surface area contributed by atoms with Crippen molar-refractivity contribution in [3.8, 4) is 0 Å². The van der Waals surface area contributed by atoms with Crippen LogP contribution in [0.3, 0.4) is 0 Å². The number of non-ortho nitro benzene ring substituents is 1. The quantitative estimate of drug-likeness (QED) is 0.647. The molecule has 19 heavy (non-hydrogen) atoms. The fourth-order valence-corrected chi connectivity index (χ4v) is 2.96. The van der Waals surface area contributed by atoms with Crippen molar-refractivity contribution in [3.05, 3.63) is 34.4 Å². The Morgan fingerprint density at radius 2 is 2.37 bits per heavy atom. The van der Waals surface area contributed by atoms with Gasteiger partial charge in [-0.1, -0.05) is 25.8 Å². The topological polar surface area (TPSA) is 75.4 Å². The molecule has 2 atom stereocenters. The Balaban J connectivity index is 2.18. The highest BCUT2D eigenvalue weighted by molar-refractivity contribution is 5.52. The van der Waals surface area contributed by atoms with E-state index in [1.54, 1.807) is 6.07 Å².